The smallest absolute Gasteiger partial charge is 0.326 e. The molecule has 0 aromatic heterocycles. The Hall–Kier alpha value is -2.72. The minimum absolute atomic E-state index is 0.163. The third kappa shape index (κ3) is 7.13. The van der Waals surface area contributed by atoms with E-state index in [0.717, 1.165) is 33.8 Å². The molecule has 2 amide bonds. The van der Waals surface area contributed by atoms with Gasteiger partial charge in [0.05, 0.1) is 6.54 Å². The zero-order chi connectivity index (χ0) is 24.7. The molecule has 0 bridgehead atoms. The van der Waals surface area contributed by atoms with Crippen molar-refractivity contribution >= 4 is 29.0 Å². The lowest BCUT2D eigenvalue weighted by atomic mass is 9.92. The van der Waals surface area contributed by atoms with Gasteiger partial charge >= 0.3 is 6.03 Å². The Morgan fingerprint density at radius 2 is 1.48 bits per heavy atom. The topological polar surface area (TPSA) is 35.6 Å². The van der Waals surface area contributed by atoms with Gasteiger partial charge in [-0.05, 0) is 78.8 Å². The molecule has 2 rings (SSSR count). The van der Waals surface area contributed by atoms with E-state index in [1.54, 1.807) is 4.90 Å². The molecule has 0 radical (unpaired) electrons. The van der Waals surface area contributed by atoms with Crippen molar-refractivity contribution in [2.24, 2.45) is 11.8 Å². The number of hydrogen-bond acceptors (Lipinski definition) is 2. The molecule has 0 fully saturated rings. The number of allylic oxidation sites excluding steroid dienone is 3. The zero-order valence-electron chi connectivity index (χ0n) is 21.2. The number of rotatable bonds is 8. The van der Waals surface area contributed by atoms with Crippen LogP contribution in [0.25, 0.3) is 0 Å². The summed E-state index contributed by atoms with van der Waals surface area (Å²) in [5.74, 6) is 0.609. The second-order valence-corrected chi connectivity index (χ2v) is 9.60. The van der Waals surface area contributed by atoms with Crippen LogP contribution in [0.15, 0.2) is 71.5 Å². The van der Waals surface area contributed by atoms with Gasteiger partial charge in [-0.1, -0.05) is 57.5 Å². The molecule has 0 aliphatic heterocycles. The summed E-state index contributed by atoms with van der Waals surface area (Å²) in [5, 5.41) is 3.89. The molecule has 0 aliphatic carbocycles. The van der Waals surface area contributed by atoms with Gasteiger partial charge in [0.1, 0.15) is 0 Å². The van der Waals surface area contributed by atoms with Gasteiger partial charge < -0.3 is 10.2 Å². The van der Waals surface area contributed by atoms with Crippen LogP contribution in [0.5, 0.6) is 0 Å². The van der Waals surface area contributed by atoms with Gasteiger partial charge in [-0.2, -0.15) is 0 Å². The van der Waals surface area contributed by atoms with Crippen molar-refractivity contribution in [2.45, 2.75) is 48.1 Å². The van der Waals surface area contributed by atoms with Crippen LogP contribution in [0, 0.1) is 11.8 Å². The molecule has 33 heavy (non-hydrogen) atoms. The SMILES string of the molecule is C/C=C(\C(NC(=O)N(Cc1ccc(N(C)C)cc1)c1ccc(Cl)cc1)=C(/C)C(C)C)C(C)C. The fraction of sp³-hybridized carbons (Fsp3) is 0.393. The fourth-order valence-corrected chi connectivity index (χ4v) is 3.74. The third-order valence-corrected chi connectivity index (χ3v) is 6.14. The number of amides is 2. The van der Waals surface area contributed by atoms with E-state index < -0.39 is 0 Å². The summed E-state index contributed by atoms with van der Waals surface area (Å²) in [6.07, 6.45) is 2.10. The molecule has 0 unspecified atom stereocenters. The predicted octanol–water partition coefficient (Wildman–Crippen LogP) is 7.65. The number of hydrogen-bond donors (Lipinski definition) is 1. The second-order valence-electron chi connectivity index (χ2n) is 9.17. The van der Waals surface area contributed by atoms with E-state index in [9.17, 15) is 4.79 Å². The highest BCUT2D eigenvalue weighted by molar-refractivity contribution is 6.30. The number of carbonyl (C=O) groups excluding carboxylic acids is 1. The highest BCUT2D eigenvalue weighted by Gasteiger charge is 2.22. The van der Waals surface area contributed by atoms with E-state index in [2.05, 4.69) is 75.2 Å². The molecule has 0 spiro atoms. The zero-order valence-corrected chi connectivity index (χ0v) is 22.0. The summed E-state index contributed by atoms with van der Waals surface area (Å²) in [6, 6.07) is 15.5. The largest absolute Gasteiger partial charge is 0.378 e. The molecule has 5 heteroatoms. The van der Waals surface area contributed by atoms with Crippen LogP contribution in [-0.4, -0.2) is 20.1 Å². The Morgan fingerprint density at radius 3 is 1.94 bits per heavy atom. The highest BCUT2D eigenvalue weighted by atomic mass is 35.5. The number of urea groups is 1. The molecule has 0 saturated heterocycles. The van der Waals surface area contributed by atoms with Gasteiger partial charge in [-0.15, -0.1) is 0 Å². The molecule has 0 atom stereocenters. The number of halogens is 1. The van der Waals surface area contributed by atoms with Gasteiger partial charge in [-0.3, -0.25) is 4.90 Å². The summed E-state index contributed by atoms with van der Waals surface area (Å²) >= 11 is 6.12. The Labute approximate surface area is 204 Å². The van der Waals surface area contributed by atoms with E-state index >= 15 is 0 Å². The van der Waals surface area contributed by atoms with Crippen LogP contribution < -0.4 is 15.1 Å². The van der Waals surface area contributed by atoms with Crippen molar-refractivity contribution in [2.75, 3.05) is 23.9 Å². The van der Waals surface area contributed by atoms with E-state index in [0.29, 0.717) is 23.4 Å². The molecule has 1 N–H and O–H groups in total. The number of nitrogens with zero attached hydrogens (tertiary/aromatic N) is 2. The maximum Gasteiger partial charge on any atom is 0.326 e. The normalized spacial score (nSPS) is 12.6. The molecule has 2 aromatic carbocycles. The summed E-state index contributed by atoms with van der Waals surface area (Å²) in [5.41, 5.74) is 6.18. The quantitative estimate of drug-likeness (QED) is 0.404. The summed E-state index contributed by atoms with van der Waals surface area (Å²) in [4.78, 5) is 17.5. The van der Waals surface area contributed by atoms with Gasteiger partial charge in [0.25, 0.3) is 0 Å². The number of nitrogens with one attached hydrogen (secondary N) is 1. The van der Waals surface area contributed by atoms with E-state index in [-0.39, 0.29) is 6.03 Å². The lowest BCUT2D eigenvalue weighted by Crippen LogP contribution is -2.40. The molecular formula is C28H38ClN3O. The Morgan fingerprint density at radius 1 is 0.939 bits per heavy atom. The van der Waals surface area contributed by atoms with Crippen LogP contribution in [0.4, 0.5) is 16.2 Å². The first kappa shape index (κ1) is 26.5. The maximum atomic E-state index is 13.7. The number of carbonyl (C=O) groups is 1. The monoisotopic (exact) mass is 467 g/mol. The first-order valence-electron chi connectivity index (χ1n) is 11.5. The van der Waals surface area contributed by atoms with Crippen molar-refractivity contribution in [3.8, 4) is 0 Å². The van der Waals surface area contributed by atoms with Crippen LogP contribution in [0.3, 0.4) is 0 Å². The molecule has 178 valence electrons. The highest BCUT2D eigenvalue weighted by Crippen LogP contribution is 2.26. The van der Waals surface area contributed by atoms with Crippen LogP contribution >= 0.6 is 11.6 Å². The van der Waals surface area contributed by atoms with E-state index in [1.807, 2.05) is 45.3 Å². The predicted molar refractivity (Wildman–Crippen MR) is 143 cm³/mol. The first-order chi connectivity index (χ1) is 15.5. The van der Waals surface area contributed by atoms with Crippen LogP contribution in [0.2, 0.25) is 5.02 Å². The van der Waals surface area contributed by atoms with Crippen LogP contribution in [-0.2, 0) is 6.54 Å². The lowest BCUT2D eigenvalue weighted by molar-refractivity contribution is 0.248. The average molecular weight is 468 g/mol. The molecule has 2 aromatic rings. The number of benzene rings is 2. The molecular weight excluding hydrogens is 430 g/mol. The van der Waals surface area contributed by atoms with Crippen molar-refractivity contribution in [3.63, 3.8) is 0 Å². The van der Waals surface area contributed by atoms with Gasteiger partial charge in [0.2, 0.25) is 0 Å². The molecule has 0 aliphatic rings. The maximum absolute atomic E-state index is 13.7. The first-order valence-corrected chi connectivity index (χ1v) is 11.9. The van der Waals surface area contributed by atoms with Crippen molar-refractivity contribution < 1.29 is 4.79 Å². The minimum Gasteiger partial charge on any atom is -0.378 e. The van der Waals surface area contributed by atoms with Crippen LogP contribution in [0.1, 0.15) is 47.1 Å². The molecule has 0 saturated carbocycles. The van der Waals surface area contributed by atoms with Gasteiger partial charge in [0, 0.05) is 36.2 Å². The summed E-state index contributed by atoms with van der Waals surface area (Å²) in [7, 11) is 4.03. The summed E-state index contributed by atoms with van der Waals surface area (Å²) in [6.45, 7) is 13.2. The Bertz CT molecular complexity index is 987. The fourth-order valence-electron chi connectivity index (χ4n) is 3.61. The third-order valence-electron chi connectivity index (χ3n) is 5.89. The average Bonchev–Trinajstić information content (AvgIpc) is 2.77. The van der Waals surface area contributed by atoms with E-state index in [1.165, 1.54) is 0 Å². The van der Waals surface area contributed by atoms with Gasteiger partial charge in [0.15, 0.2) is 0 Å². The lowest BCUT2D eigenvalue weighted by Gasteiger charge is -2.27. The van der Waals surface area contributed by atoms with Gasteiger partial charge in [-0.25, -0.2) is 4.79 Å². The van der Waals surface area contributed by atoms with Crippen molar-refractivity contribution in [1.29, 1.82) is 0 Å². The van der Waals surface area contributed by atoms with Crippen molar-refractivity contribution in [3.05, 3.63) is 82.0 Å². The molecule has 0 heterocycles. The Balaban J connectivity index is 2.45. The Kier molecular flexibility index (Phi) is 9.60. The minimum atomic E-state index is -0.163. The summed E-state index contributed by atoms with van der Waals surface area (Å²) < 4.78 is 0. The standard InChI is InChI=1S/C28H38ClN3O/c1-9-26(20(4)5)27(21(6)19(2)3)30-28(33)32(25-16-12-23(29)13-17-25)18-22-10-14-24(15-11-22)31(7)8/h9-17,19-20H,18H2,1-8H3,(H,30,33)/b26-9-,27-21-. The van der Waals surface area contributed by atoms with Crippen molar-refractivity contribution in [1.82, 2.24) is 5.32 Å². The van der Waals surface area contributed by atoms with E-state index in [4.69, 9.17) is 11.6 Å². The molecule has 4 nitrogen and oxygen atoms in total. The number of anilines is 2. The second kappa shape index (κ2) is 11.9.